The van der Waals surface area contributed by atoms with Gasteiger partial charge in [0.2, 0.25) is 0 Å². The zero-order valence-electron chi connectivity index (χ0n) is 10.3. The Labute approximate surface area is 137 Å². The molecular formula is C14H11Br2N3S. The third-order valence-electron chi connectivity index (χ3n) is 3.11. The van der Waals surface area contributed by atoms with Crippen molar-refractivity contribution in [2.24, 2.45) is 5.84 Å². The van der Waals surface area contributed by atoms with Crippen LogP contribution in [0.25, 0.3) is 10.9 Å². The van der Waals surface area contributed by atoms with Crippen molar-refractivity contribution >= 4 is 54.1 Å². The number of halogens is 2. The summed E-state index contributed by atoms with van der Waals surface area (Å²) in [6, 6.07) is 12.1. The van der Waals surface area contributed by atoms with E-state index in [-0.39, 0.29) is 6.04 Å². The molecule has 0 radical (unpaired) electrons. The maximum atomic E-state index is 5.79. The Bertz CT molecular complexity index is 732. The number of nitrogens with two attached hydrogens (primary N) is 1. The van der Waals surface area contributed by atoms with Gasteiger partial charge in [0.15, 0.2) is 0 Å². The van der Waals surface area contributed by atoms with Crippen LogP contribution >= 0.6 is 43.2 Å². The number of rotatable bonds is 3. The Hall–Kier alpha value is -0.790. The number of pyridine rings is 1. The molecule has 0 aliphatic carbocycles. The fraction of sp³-hybridized carbons (Fsp3) is 0.0714. The Kier molecular flexibility index (Phi) is 4.18. The van der Waals surface area contributed by atoms with E-state index in [1.54, 1.807) is 17.5 Å². The van der Waals surface area contributed by atoms with Gasteiger partial charge in [-0.25, -0.2) is 5.43 Å². The number of aromatic nitrogens is 1. The molecule has 3 aromatic rings. The predicted octanol–water partition coefficient (Wildman–Crippen LogP) is 4.37. The number of fused-ring (bicyclic) bond motifs is 1. The lowest BCUT2D eigenvalue weighted by Gasteiger charge is -2.16. The van der Waals surface area contributed by atoms with E-state index in [2.05, 4.69) is 60.5 Å². The molecule has 102 valence electrons. The molecular weight excluding hydrogens is 402 g/mol. The van der Waals surface area contributed by atoms with Gasteiger partial charge in [-0.05, 0) is 55.6 Å². The third kappa shape index (κ3) is 2.54. The summed E-state index contributed by atoms with van der Waals surface area (Å²) < 4.78 is 2.10. The van der Waals surface area contributed by atoms with E-state index in [0.717, 1.165) is 29.6 Å². The number of hydrogen-bond donors (Lipinski definition) is 2. The number of nitrogens with one attached hydrogen (secondary N) is 1. The maximum absolute atomic E-state index is 5.79. The molecule has 1 unspecified atom stereocenters. The first-order valence-corrected chi connectivity index (χ1v) is 8.35. The monoisotopic (exact) mass is 411 g/mol. The van der Waals surface area contributed by atoms with E-state index in [1.165, 1.54) is 0 Å². The average Bonchev–Trinajstić information content (AvgIpc) is 2.79. The molecule has 0 saturated carbocycles. The molecule has 1 aromatic carbocycles. The summed E-state index contributed by atoms with van der Waals surface area (Å²) in [5.74, 6) is 5.79. The van der Waals surface area contributed by atoms with E-state index >= 15 is 0 Å². The fourth-order valence-corrected chi connectivity index (χ4v) is 4.38. The predicted molar refractivity (Wildman–Crippen MR) is 90.6 cm³/mol. The van der Waals surface area contributed by atoms with Crippen molar-refractivity contribution in [1.29, 1.82) is 0 Å². The van der Waals surface area contributed by atoms with E-state index < -0.39 is 0 Å². The van der Waals surface area contributed by atoms with E-state index in [4.69, 9.17) is 5.84 Å². The van der Waals surface area contributed by atoms with Crippen LogP contribution in [0.4, 0.5) is 0 Å². The standard InChI is InChI=1S/C14H11Br2N3S/c15-10-7-12(20-14(10)16)13(19-17)9-3-1-5-11-8(9)4-2-6-18-11/h1-7,13,19H,17H2. The van der Waals surface area contributed by atoms with Crippen molar-refractivity contribution in [3.63, 3.8) is 0 Å². The summed E-state index contributed by atoms with van der Waals surface area (Å²) >= 11 is 8.70. The van der Waals surface area contributed by atoms with Crippen molar-refractivity contribution in [2.75, 3.05) is 0 Å². The number of hydrogen-bond acceptors (Lipinski definition) is 4. The lowest BCUT2D eigenvalue weighted by Crippen LogP contribution is -2.28. The van der Waals surface area contributed by atoms with Crippen LogP contribution in [0.3, 0.4) is 0 Å². The second-order valence-electron chi connectivity index (χ2n) is 4.29. The van der Waals surface area contributed by atoms with Crippen molar-refractivity contribution in [3.8, 4) is 0 Å². The summed E-state index contributed by atoms with van der Waals surface area (Å²) in [4.78, 5) is 5.53. The van der Waals surface area contributed by atoms with Crippen LogP contribution < -0.4 is 11.3 Å². The molecule has 0 aliphatic heterocycles. The van der Waals surface area contributed by atoms with Crippen LogP contribution in [0.5, 0.6) is 0 Å². The molecule has 6 heteroatoms. The topological polar surface area (TPSA) is 50.9 Å². The first-order valence-electron chi connectivity index (χ1n) is 5.95. The van der Waals surface area contributed by atoms with Gasteiger partial charge in [-0.1, -0.05) is 18.2 Å². The molecule has 2 heterocycles. The Morgan fingerprint density at radius 2 is 2.05 bits per heavy atom. The normalized spacial score (nSPS) is 12.8. The summed E-state index contributed by atoms with van der Waals surface area (Å²) in [7, 11) is 0. The molecule has 3 rings (SSSR count). The molecule has 0 spiro atoms. The Morgan fingerprint density at radius 3 is 2.75 bits per heavy atom. The first-order chi connectivity index (χ1) is 9.70. The zero-order chi connectivity index (χ0) is 14.1. The van der Waals surface area contributed by atoms with Crippen LogP contribution in [0.1, 0.15) is 16.5 Å². The lowest BCUT2D eigenvalue weighted by molar-refractivity contribution is 0.650. The van der Waals surface area contributed by atoms with Gasteiger partial charge >= 0.3 is 0 Å². The highest BCUT2D eigenvalue weighted by Crippen LogP contribution is 2.38. The van der Waals surface area contributed by atoms with Gasteiger partial charge in [0.1, 0.15) is 0 Å². The molecule has 0 saturated heterocycles. The summed E-state index contributed by atoms with van der Waals surface area (Å²) in [6.07, 6.45) is 1.80. The Morgan fingerprint density at radius 1 is 1.20 bits per heavy atom. The van der Waals surface area contributed by atoms with E-state index in [9.17, 15) is 0 Å². The molecule has 20 heavy (non-hydrogen) atoms. The SMILES string of the molecule is NNC(c1cc(Br)c(Br)s1)c1cccc2ncccc12. The second-order valence-corrected chi connectivity index (χ2v) is 7.54. The fourth-order valence-electron chi connectivity index (χ4n) is 2.21. The van der Waals surface area contributed by atoms with Crippen LogP contribution in [0, 0.1) is 0 Å². The van der Waals surface area contributed by atoms with E-state index in [0.29, 0.717) is 0 Å². The summed E-state index contributed by atoms with van der Waals surface area (Å²) in [6.45, 7) is 0. The van der Waals surface area contributed by atoms with Gasteiger partial charge in [0.25, 0.3) is 0 Å². The van der Waals surface area contributed by atoms with Crippen molar-refractivity contribution in [2.45, 2.75) is 6.04 Å². The minimum atomic E-state index is -0.0597. The number of benzene rings is 1. The molecule has 2 aromatic heterocycles. The minimum Gasteiger partial charge on any atom is -0.271 e. The zero-order valence-corrected chi connectivity index (χ0v) is 14.3. The quantitative estimate of drug-likeness (QED) is 0.495. The molecule has 0 amide bonds. The molecule has 3 nitrogen and oxygen atoms in total. The van der Waals surface area contributed by atoms with Crippen LogP contribution in [0.2, 0.25) is 0 Å². The van der Waals surface area contributed by atoms with Gasteiger partial charge in [-0.3, -0.25) is 10.8 Å². The highest BCUT2D eigenvalue weighted by molar-refractivity contribution is 9.13. The van der Waals surface area contributed by atoms with Crippen LogP contribution in [-0.4, -0.2) is 4.98 Å². The van der Waals surface area contributed by atoms with Crippen molar-refractivity contribution < 1.29 is 0 Å². The molecule has 0 fully saturated rings. The Balaban J connectivity index is 2.16. The lowest BCUT2D eigenvalue weighted by atomic mass is 10.0. The van der Waals surface area contributed by atoms with Gasteiger partial charge in [-0.2, -0.15) is 0 Å². The summed E-state index contributed by atoms with van der Waals surface area (Å²) in [5, 5.41) is 1.11. The van der Waals surface area contributed by atoms with Crippen LogP contribution in [0.15, 0.2) is 50.9 Å². The second kappa shape index (κ2) is 5.91. The van der Waals surface area contributed by atoms with Crippen molar-refractivity contribution in [3.05, 3.63) is 61.3 Å². The molecule has 0 aliphatic rings. The number of thiophene rings is 1. The number of nitrogens with zero attached hydrogens (tertiary/aromatic N) is 1. The highest BCUT2D eigenvalue weighted by atomic mass is 79.9. The molecule has 3 N–H and O–H groups in total. The van der Waals surface area contributed by atoms with E-state index in [1.807, 2.05) is 18.2 Å². The summed E-state index contributed by atoms with van der Waals surface area (Å²) in [5.41, 5.74) is 5.00. The third-order valence-corrected chi connectivity index (χ3v) is 6.43. The highest BCUT2D eigenvalue weighted by Gasteiger charge is 2.18. The van der Waals surface area contributed by atoms with Gasteiger partial charge in [0, 0.05) is 20.9 Å². The smallest absolute Gasteiger partial charge is 0.0843 e. The largest absolute Gasteiger partial charge is 0.271 e. The molecule has 1 atom stereocenters. The first kappa shape index (κ1) is 14.2. The minimum absolute atomic E-state index is 0.0597. The average molecular weight is 413 g/mol. The van der Waals surface area contributed by atoms with Gasteiger partial charge in [0.05, 0.1) is 15.3 Å². The number of hydrazine groups is 1. The van der Waals surface area contributed by atoms with Gasteiger partial charge in [-0.15, -0.1) is 11.3 Å². The maximum Gasteiger partial charge on any atom is 0.0843 e. The molecule has 0 bridgehead atoms. The van der Waals surface area contributed by atoms with Crippen molar-refractivity contribution in [1.82, 2.24) is 10.4 Å². The van der Waals surface area contributed by atoms with Crippen LogP contribution in [-0.2, 0) is 0 Å². The van der Waals surface area contributed by atoms with Gasteiger partial charge < -0.3 is 0 Å².